The maximum Gasteiger partial charge on any atom is 0.115 e. The van der Waals surface area contributed by atoms with Gasteiger partial charge in [0, 0.05) is 22.3 Å². The summed E-state index contributed by atoms with van der Waals surface area (Å²) in [6, 6.07) is 14.7. The number of hydrogen-bond acceptors (Lipinski definition) is 3. The fourth-order valence-electron chi connectivity index (χ4n) is 1.93. The number of aliphatic imine (C=N–C) groups is 1. The molecule has 0 aliphatic carbocycles. The van der Waals surface area contributed by atoms with Crippen molar-refractivity contribution >= 4 is 38.7 Å². The molecule has 0 amide bonds. The maximum absolute atomic E-state index is 9.25. The van der Waals surface area contributed by atoms with Gasteiger partial charge < -0.3 is 5.11 Å². The number of fused-ring (bicyclic) bond motifs is 1. The minimum Gasteiger partial charge on any atom is -0.508 e. The largest absolute Gasteiger partial charge is 0.508 e. The molecule has 0 spiro atoms. The molecule has 3 aromatic rings. The summed E-state index contributed by atoms with van der Waals surface area (Å²) in [5.74, 6) is 0.248. The normalized spacial score (nSPS) is 11.2. The van der Waals surface area contributed by atoms with Gasteiger partial charge in [-0.15, -0.1) is 0 Å². The van der Waals surface area contributed by atoms with Crippen LogP contribution in [0.4, 0.5) is 5.69 Å². The number of benzene rings is 2. The van der Waals surface area contributed by atoms with Crippen LogP contribution in [-0.4, -0.2) is 16.3 Å². The molecule has 0 unspecified atom stereocenters. The number of hydrogen-bond donors (Lipinski definition) is 1. The molecular formula is C16H11BrN2O. The summed E-state index contributed by atoms with van der Waals surface area (Å²) in [5.41, 5.74) is 2.60. The van der Waals surface area contributed by atoms with E-state index < -0.39 is 0 Å². The molecule has 0 fully saturated rings. The van der Waals surface area contributed by atoms with Gasteiger partial charge in [0.25, 0.3) is 0 Å². The maximum atomic E-state index is 9.25. The van der Waals surface area contributed by atoms with Crippen molar-refractivity contribution in [3.05, 3.63) is 64.8 Å². The van der Waals surface area contributed by atoms with E-state index in [1.165, 1.54) is 0 Å². The Morgan fingerprint density at radius 3 is 2.65 bits per heavy atom. The molecule has 4 heteroatoms. The molecule has 0 saturated carbocycles. The fourth-order valence-corrected chi connectivity index (χ4v) is 2.38. The Labute approximate surface area is 124 Å². The smallest absolute Gasteiger partial charge is 0.115 e. The van der Waals surface area contributed by atoms with Crippen LogP contribution >= 0.6 is 15.9 Å². The number of phenolic OH excluding ortho intramolecular Hbond substituents is 1. The number of nitrogens with zero attached hydrogens (tertiary/aromatic N) is 2. The molecule has 2 aromatic carbocycles. The van der Waals surface area contributed by atoms with Crippen LogP contribution in [0.25, 0.3) is 10.9 Å². The molecule has 98 valence electrons. The monoisotopic (exact) mass is 326 g/mol. The van der Waals surface area contributed by atoms with E-state index in [0.717, 1.165) is 26.6 Å². The molecule has 1 heterocycles. The van der Waals surface area contributed by atoms with Crippen LogP contribution in [0.1, 0.15) is 5.56 Å². The van der Waals surface area contributed by atoms with Crippen molar-refractivity contribution < 1.29 is 5.11 Å². The molecule has 0 radical (unpaired) electrons. The summed E-state index contributed by atoms with van der Waals surface area (Å²) < 4.78 is 1.00. The van der Waals surface area contributed by atoms with Crippen LogP contribution < -0.4 is 0 Å². The van der Waals surface area contributed by atoms with Gasteiger partial charge in [0.15, 0.2) is 0 Å². The van der Waals surface area contributed by atoms with Crippen LogP contribution in [0.15, 0.2) is 64.2 Å². The van der Waals surface area contributed by atoms with Gasteiger partial charge in [0.05, 0.1) is 11.2 Å². The SMILES string of the molecule is Oc1ccc(C=Nc2ccc(Br)c3cccnc23)cc1. The number of aromatic hydroxyl groups is 1. The zero-order valence-electron chi connectivity index (χ0n) is 10.5. The second kappa shape index (κ2) is 5.43. The lowest BCUT2D eigenvalue weighted by Crippen LogP contribution is -1.82. The molecule has 0 atom stereocenters. The van der Waals surface area contributed by atoms with E-state index in [1.807, 2.05) is 36.4 Å². The number of aromatic nitrogens is 1. The van der Waals surface area contributed by atoms with Gasteiger partial charge in [0.1, 0.15) is 5.75 Å². The van der Waals surface area contributed by atoms with E-state index in [0.29, 0.717) is 0 Å². The number of halogens is 1. The summed E-state index contributed by atoms with van der Waals surface area (Å²) in [7, 11) is 0. The highest BCUT2D eigenvalue weighted by atomic mass is 79.9. The van der Waals surface area contributed by atoms with Gasteiger partial charge in [-0.3, -0.25) is 9.98 Å². The first-order chi connectivity index (χ1) is 9.74. The van der Waals surface area contributed by atoms with E-state index in [4.69, 9.17) is 0 Å². The summed E-state index contributed by atoms with van der Waals surface area (Å²) in [6.07, 6.45) is 3.52. The number of pyridine rings is 1. The molecule has 0 aliphatic rings. The highest BCUT2D eigenvalue weighted by molar-refractivity contribution is 9.10. The average Bonchev–Trinajstić information content (AvgIpc) is 2.49. The molecule has 20 heavy (non-hydrogen) atoms. The predicted octanol–water partition coefficient (Wildman–Crippen LogP) is 4.45. The van der Waals surface area contributed by atoms with E-state index >= 15 is 0 Å². The van der Waals surface area contributed by atoms with Crippen LogP contribution in [0.5, 0.6) is 5.75 Å². The molecule has 0 saturated heterocycles. The third kappa shape index (κ3) is 2.56. The molecule has 0 bridgehead atoms. The zero-order chi connectivity index (χ0) is 13.9. The first-order valence-electron chi connectivity index (χ1n) is 6.10. The highest BCUT2D eigenvalue weighted by Gasteiger charge is 2.03. The van der Waals surface area contributed by atoms with Crippen LogP contribution in [0.3, 0.4) is 0 Å². The molecule has 3 nitrogen and oxygen atoms in total. The third-order valence-electron chi connectivity index (χ3n) is 2.94. The average molecular weight is 327 g/mol. The Kier molecular flexibility index (Phi) is 3.48. The van der Waals surface area contributed by atoms with Crippen molar-refractivity contribution in [3.63, 3.8) is 0 Å². The van der Waals surface area contributed by atoms with E-state index in [-0.39, 0.29) is 5.75 Å². The third-order valence-corrected chi connectivity index (χ3v) is 3.63. The molecule has 0 aliphatic heterocycles. The fraction of sp³-hybridized carbons (Fsp3) is 0. The van der Waals surface area contributed by atoms with Crippen molar-refractivity contribution in [2.45, 2.75) is 0 Å². The van der Waals surface area contributed by atoms with Crippen molar-refractivity contribution in [1.82, 2.24) is 4.98 Å². The second-order valence-corrected chi connectivity index (χ2v) is 5.17. The topological polar surface area (TPSA) is 45.5 Å². The highest BCUT2D eigenvalue weighted by Crippen LogP contribution is 2.30. The standard InChI is InChI=1S/C16H11BrN2O/c17-14-7-8-15(16-13(14)2-1-9-18-16)19-10-11-3-5-12(20)6-4-11/h1-10,20H. The van der Waals surface area contributed by atoms with Gasteiger partial charge in [0.2, 0.25) is 0 Å². The Morgan fingerprint density at radius 2 is 1.85 bits per heavy atom. The quantitative estimate of drug-likeness (QED) is 0.707. The lowest BCUT2D eigenvalue weighted by atomic mass is 10.2. The summed E-state index contributed by atoms with van der Waals surface area (Å²) in [4.78, 5) is 8.87. The molecular weight excluding hydrogens is 316 g/mol. The lowest BCUT2D eigenvalue weighted by molar-refractivity contribution is 0.475. The van der Waals surface area contributed by atoms with Crippen molar-refractivity contribution in [2.24, 2.45) is 4.99 Å². The Hall–Kier alpha value is -2.20. The predicted molar refractivity (Wildman–Crippen MR) is 84.8 cm³/mol. The van der Waals surface area contributed by atoms with E-state index in [1.54, 1.807) is 24.5 Å². The van der Waals surface area contributed by atoms with Crippen LogP contribution in [0, 0.1) is 0 Å². The lowest BCUT2D eigenvalue weighted by Gasteiger charge is -2.03. The summed E-state index contributed by atoms with van der Waals surface area (Å²) in [5, 5.41) is 10.3. The van der Waals surface area contributed by atoms with Gasteiger partial charge in [-0.05, 0) is 48.0 Å². The first-order valence-corrected chi connectivity index (χ1v) is 6.90. The van der Waals surface area contributed by atoms with Gasteiger partial charge >= 0.3 is 0 Å². The molecule has 1 aromatic heterocycles. The second-order valence-electron chi connectivity index (χ2n) is 4.32. The minimum atomic E-state index is 0.248. The number of phenols is 1. The Bertz CT molecular complexity index is 782. The van der Waals surface area contributed by atoms with Crippen molar-refractivity contribution in [2.75, 3.05) is 0 Å². The van der Waals surface area contributed by atoms with Gasteiger partial charge in [-0.2, -0.15) is 0 Å². The van der Waals surface area contributed by atoms with Crippen molar-refractivity contribution in [1.29, 1.82) is 0 Å². The van der Waals surface area contributed by atoms with E-state index in [2.05, 4.69) is 25.9 Å². The Balaban J connectivity index is 2.03. The van der Waals surface area contributed by atoms with Gasteiger partial charge in [-0.25, -0.2) is 0 Å². The number of rotatable bonds is 2. The van der Waals surface area contributed by atoms with Crippen LogP contribution in [-0.2, 0) is 0 Å². The van der Waals surface area contributed by atoms with Crippen molar-refractivity contribution in [3.8, 4) is 5.75 Å². The van der Waals surface area contributed by atoms with Crippen LogP contribution in [0.2, 0.25) is 0 Å². The van der Waals surface area contributed by atoms with E-state index in [9.17, 15) is 5.11 Å². The molecule has 3 rings (SSSR count). The minimum absolute atomic E-state index is 0.248. The molecule has 1 N–H and O–H groups in total. The Morgan fingerprint density at radius 1 is 1.05 bits per heavy atom. The van der Waals surface area contributed by atoms with Gasteiger partial charge in [-0.1, -0.05) is 22.0 Å². The first kappa shape index (κ1) is 12.8. The summed E-state index contributed by atoms with van der Waals surface area (Å²) in [6.45, 7) is 0. The summed E-state index contributed by atoms with van der Waals surface area (Å²) >= 11 is 3.52. The zero-order valence-corrected chi connectivity index (χ0v) is 12.1.